The lowest BCUT2D eigenvalue weighted by Gasteiger charge is -2.41. The predicted molar refractivity (Wildman–Crippen MR) is 80.3 cm³/mol. The Morgan fingerprint density at radius 2 is 2.30 bits per heavy atom. The highest BCUT2D eigenvalue weighted by molar-refractivity contribution is 5.51. The van der Waals surface area contributed by atoms with Crippen molar-refractivity contribution in [3.05, 3.63) is 24.3 Å². The van der Waals surface area contributed by atoms with E-state index in [-0.39, 0.29) is 12.1 Å². The first kappa shape index (κ1) is 13.7. The van der Waals surface area contributed by atoms with Gasteiger partial charge in [-0.1, -0.05) is 12.5 Å². The molecular formula is C16H24N2O2. The summed E-state index contributed by atoms with van der Waals surface area (Å²) in [5, 5.41) is 13.6. The zero-order valence-corrected chi connectivity index (χ0v) is 12.1. The summed E-state index contributed by atoms with van der Waals surface area (Å²) in [4.78, 5) is 2.53. The van der Waals surface area contributed by atoms with Crippen LogP contribution in [0.1, 0.15) is 25.7 Å². The Morgan fingerprint density at radius 3 is 3.10 bits per heavy atom. The summed E-state index contributed by atoms with van der Waals surface area (Å²) >= 11 is 0. The highest BCUT2D eigenvalue weighted by atomic mass is 16.5. The van der Waals surface area contributed by atoms with Crippen LogP contribution in [0.2, 0.25) is 0 Å². The van der Waals surface area contributed by atoms with E-state index in [9.17, 15) is 5.11 Å². The molecule has 2 saturated heterocycles. The fourth-order valence-electron chi connectivity index (χ4n) is 3.75. The number of methoxy groups -OCH3 is 1. The summed E-state index contributed by atoms with van der Waals surface area (Å²) in [5.74, 6) is 0.849. The molecule has 4 nitrogen and oxygen atoms in total. The quantitative estimate of drug-likeness (QED) is 0.884. The first-order chi connectivity index (χ1) is 9.77. The van der Waals surface area contributed by atoms with Crippen LogP contribution in [0.5, 0.6) is 5.75 Å². The van der Waals surface area contributed by atoms with Crippen LogP contribution < -0.4 is 10.1 Å². The Labute approximate surface area is 120 Å². The highest BCUT2D eigenvalue weighted by Gasteiger charge is 2.47. The van der Waals surface area contributed by atoms with Crippen LogP contribution in [0, 0.1) is 0 Å². The van der Waals surface area contributed by atoms with Gasteiger partial charge in [-0.15, -0.1) is 0 Å². The normalized spacial score (nSPS) is 30.0. The van der Waals surface area contributed by atoms with Gasteiger partial charge in [0.25, 0.3) is 0 Å². The smallest absolute Gasteiger partial charge is 0.120 e. The van der Waals surface area contributed by atoms with E-state index in [0.717, 1.165) is 24.4 Å². The highest BCUT2D eigenvalue weighted by Crippen LogP contribution is 2.37. The number of hydrogen-bond acceptors (Lipinski definition) is 4. The van der Waals surface area contributed by atoms with Crippen LogP contribution in [0.25, 0.3) is 0 Å². The maximum atomic E-state index is 10.0. The fraction of sp³-hybridized carbons (Fsp3) is 0.625. The van der Waals surface area contributed by atoms with Crippen molar-refractivity contribution in [2.75, 3.05) is 32.1 Å². The van der Waals surface area contributed by atoms with Crippen LogP contribution in [0.3, 0.4) is 0 Å². The van der Waals surface area contributed by atoms with E-state index >= 15 is 0 Å². The van der Waals surface area contributed by atoms with Crippen LogP contribution in [0.4, 0.5) is 5.69 Å². The van der Waals surface area contributed by atoms with Gasteiger partial charge in [0, 0.05) is 24.3 Å². The van der Waals surface area contributed by atoms with E-state index in [1.54, 1.807) is 7.11 Å². The number of anilines is 1. The number of piperidine rings is 1. The largest absolute Gasteiger partial charge is 0.497 e. The Bertz CT molecular complexity index is 466. The average Bonchev–Trinajstić information content (AvgIpc) is 2.87. The lowest BCUT2D eigenvalue weighted by molar-refractivity contribution is 0.123. The molecule has 0 saturated carbocycles. The number of benzene rings is 1. The minimum atomic E-state index is -0.202. The van der Waals surface area contributed by atoms with Crippen molar-refractivity contribution in [3.63, 3.8) is 0 Å². The van der Waals surface area contributed by atoms with Crippen molar-refractivity contribution in [2.24, 2.45) is 0 Å². The summed E-state index contributed by atoms with van der Waals surface area (Å²) in [6.07, 6.45) is 4.74. The molecular weight excluding hydrogens is 252 g/mol. The molecule has 0 aromatic heterocycles. The number of fused-ring (bicyclic) bond motifs is 1. The van der Waals surface area contributed by atoms with Gasteiger partial charge in [-0.05, 0) is 37.9 Å². The van der Waals surface area contributed by atoms with E-state index in [2.05, 4.69) is 10.2 Å². The van der Waals surface area contributed by atoms with E-state index in [0.29, 0.717) is 6.04 Å². The molecule has 0 bridgehead atoms. The second kappa shape index (κ2) is 5.62. The van der Waals surface area contributed by atoms with E-state index < -0.39 is 0 Å². The van der Waals surface area contributed by atoms with Crippen LogP contribution >= 0.6 is 0 Å². The third kappa shape index (κ3) is 2.38. The maximum Gasteiger partial charge on any atom is 0.120 e. The number of hydrogen-bond donors (Lipinski definition) is 2. The molecule has 0 aliphatic carbocycles. The monoisotopic (exact) mass is 276 g/mol. The summed E-state index contributed by atoms with van der Waals surface area (Å²) < 4.78 is 5.28. The minimum Gasteiger partial charge on any atom is -0.497 e. The molecule has 2 aliphatic heterocycles. The minimum absolute atomic E-state index is 0.186. The van der Waals surface area contributed by atoms with Gasteiger partial charge in [0.05, 0.1) is 19.3 Å². The summed E-state index contributed by atoms with van der Waals surface area (Å²) in [6, 6.07) is 8.43. The Morgan fingerprint density at radius 1 is 1.40 bits per heavy atom. The fourth-order valence-corrected chi connectivity index (χ4v) is 3.75. The summed E-state index contributed by atoms with van der Waals surface area (Å²) in [7, 11) is 1.68. The Kier molecular flexibility index (Phi) is 3.85. The van der Waals surface area contributed by atoms with Crippen LogP contribution in [-0.2, 0) is 0 Å². The standard InChI is InChI=1S/C16H24N2O2/c1-20-14-6-4-5-13(11-14)17-16(12-19)8-10-18-9-3-2-7-15(16)18/h4-6,11,15,17,19H,2-3,7-10,12H2,1H3. The molecule has 2 unspecified atom stereocenters. The molecule has 4 heteroatoms. The van der Waals surface area contributed by atoms with Crippen molar-refractivity contribution in [2.45, 2.75) is 37.3 Å². The molecule has 2 N–H and O–H groups in total. The molecule has 0 spiro atoms. The molecule has 0 radical (unpaired) electrons. The van der Waals surface area contributed by atoms with Gasteiger partial charge in [-0.2, -0.15) is 0 Å². The second-order valence-corrected chi connectivity index (χ2v) is 5.97. The van der Waals surface area contributed by atoms with Gasteiger partial charge >= 0.3 is 0 Å². The van der Waals surface area contributed by atoms with E-state index in [4.69, 9.17) is 4.74 Å². The van der Waals surface area contributed by atoms with E-state index in [1.807, 2.05) is 24.3 Å². The number of ether oxygens (including phenoxy) is 1. The second-order valence-electron chi connectivity index (χ2n) is 5.97. The SMILES string of the molecule is COc1cccc(NC2(CO)CCN3CCCCC32)c1. The lowest BCUT2D eigenvalue weighted by atomic mass is 9.85. The topological polar surface area (TPSA) is 44.7 Å². The number of rotatable bonds is 4. The van der Waals surface area contributed by atoms with Crippen LogP contribution in [-0.4, -0.2) is 48.4 Å². The Hall–Kier alpha value is -1.26. The molecule has 110 valence electrons. The van der Waals surface area contributed by atoms with Gasteiger partial charge in [-0.25, -0.2) is 0 Å². The zero-order chi connectivity index (χ0) is 14.0. The van der Waals surface area contributed by atoms with Crippen molar-refractivity contribution in [3.8, 4) is 5.75 Å². The van der Waals surface area contributed by atoms with Crippen molar-refractivity contribution in [1.29, 1.82) is 0 Å². The molecule has 3 rings (SSSR count). The lowest BCUT2D eigenvalue weighted by Crippen LogP contribution is -2.54. The maximum absolute atomic E-state index is 10.0. The molecule has 20 heavy (non-hydrogen) atoms. The number of nitrogens with zero attached hydrogens (tertiary/aromatic N) is 1. The number of aliphatic hydroxyl groups excluding tert-OH is 1. The number of nitrogens with one attached hydrogen (secondary N) is 1. The molecule has 2 aliphatic rings. The average molecular weight is 276 g/mol. The van der Waals surface area contributed by atoms with Gasteiger partial charge < -0.3 is 15.2 Å². The van der Waals surface area contributed by atoms with Crippen LogP contribution in [0.15, 0.2) is 24.3 Å². The van der Waals surface area contributed by atoms with Crippen molar-refractivity contribution < 1.29 is 9.84 Å². The van der Waals surface area contributed by atoms with Gasteiger partial charge in [0.15, 0.2) is 0 Å². The Balaban J connectivity index is 1.82. The summed E-state index contributed by atoms with van der Waals surface area (Å²) in [6.45, 7) is 2.44. The third-order valence-corrected chi connectivity index (χ3v) is 4.84. The first-order valence-electron chi connectivity index (χ1n) is 7.54. The first-order valence-corrected chi connectivity index (χ1v) is 7.54. The molecule has 1 aromatic rings. The molecule has 1 aromatic carbocycles. The molecule has 2 heterocycles. The molecule has 2 fully saturated rings. The van der Waals surface area contributed by atoms with Crippen molar-refractivity contribution >= 4 is 5.69 Å². The van der Waals surface area contributed by atoms with Gasteiger partial charge in [-0.3, -0.25) is 4.90 Å². The van der Waals surface area contributed by atoms with Gasteiger partial charge in [0.2, 0.25) is 0 Å². The van der Waals surface area contributed by atoms with Crippen molar-refractivity contribution in [1.82, 2.24) is 4.90 Å². The predicted octanol–water partition coefficient (Wildman–Crippen LogP) is 2.10. The summed E-state index contributed by atoms with van der Waals surface area (Å²) in [5.41, 5.74) is 0.832. The molecule has 2 atom stereocenters. The molecule has 0 amide bonds. The van der Waals surface area contributed by atoms with E-state index in [1.165, 1.54) is 25.8 Å². The zero-order valence-electron chi connectivity index (χ0n) is 12.1. The third-order valence-electron chi connectivity index (χ3n) is 4.84. The van der Waals surface area contributed by atoms with Gasteiger partial charge in [0.1, 0.15) is 5.75 Å². The number of aliphatic hydroxyl groups is 1.